The minimum absolute atomic E-state index is 0.0489. The molecule has 19 heavy (non-hydrogen) atoms. The molecule has 0 unspecified atom stereocenters. The molecule has 1 saturated carbocycles. The Balaban J connectivity index is 2.09. The first-order valence-corrected chi connectivity index (χ1v) is 7.15. The maximum absolute atomic E-state index is 11.3. The fraction of sp³-hybridized carbons (Fsp3) is 0.429. The normalized spacial score (nSPS) is 22.5. The average Bonchev–Trinajstić information content (AvgIpc) is 2.41. The summed E-state index contributed by atoms with van der Waals surface area (Å²) in [6.45, 7) is 0. The second-order valence-electron chi connectivity index (χ2n) is 4.91. The Hall–Kier alpha value is -1.54. The van der Waals surface area contributed by atoms with Gasteiger partial charge in [0.1, 0.15) is 6.07 Å². The van der Waals surface area contributed by atoms with Gasteiger partial charge in [-0.3, -0.25) is 4.79 Å². The highest BCUT2D eigenvalue weighted by atomic mass is 79.9. The molecular weight excluding hydrogens is 306 g/mol. The molecule has 2 atom stereocenters. The van der Waals surface area contributed by atoms with Crippen LogP contribution in [0.5, 0.6) is 0 Å². The number of halogens is 1. The van der Waals surface area contributed by atoms with Crippen molar-refractivity contribution in [1.29, 1.82) is 5.26 Å². The van der Waals surface area contributed by atoms with Gasteiger partial charge in [-0.05, 0) is 37.5 Å². The molecular formula is C14H16BrN3O. The summed E-state index contributed by atoms with van der Waals surface area (Å²) in [7, 11) is 0. The van der Waals surface area contributed by atoms with Gasteiger partial charge in [0.15, 0.2) is 0 Å². The number of nitrogens with two attached hydrogens (primary N) is 1. The number of carbonyl (C=O) groups is 1. The van der Waals surface area contributed by atoms with Crippen molar-refractivity contribution in [3.05, 3.63) is 28.2 Å². The molecule has 1 aliphatic rings. The summed E-state index contributed by atoms with van der Waals surface area (Å²) < 4.78 is 0.883. The van der Waals surface area contributed by atoms with E-state index in [1.807, 2.05) is 12.1 Å². The van der Waals surface area contributed by atoms with Gasteiger partial charge in [0.05, 0.1) is 11.3 Å². The third-order valence-electron chi connectivity index (χ3n) is 3.54. The van der Waals surface area contributed by atoms with Gasteiger partial charge in [-0.25, -0.2) is 0 Å². The third kappa shape index (κ3) is 3.48. The number of rotatable bonds is 3. The largest absolute Gasteiger partial charge is 0.381 e. The van der Waals surface area contributed by atoms with Gasteiger partial charge in [0, 0.05) is 16.4 Å². The lowest BCUT2D eigenvalue weighted by Gasteiger charge is -2.29. The molecule has 4 nitrogen and oxygen atoms in total. The van der Waals surface area contributed by atoms with Gasteiger partial charge in [0.2, 0.25) is 5.91 Å². The van der Waals surface area contributed by atoms with Gasteiger partial charge >= 0.3 is 0 Å². The first-order chi connectivity index (χ1) is 9.10. The molecule has 100 valence electrons. The highest BCUT2D eigenvalue weighted by Crippen LogP contribution is 2.28. The number of carbonyl (C=O) groups excluding carboxylic acids is 1. The Morgan fingerprint density at radius 3 is 2.95 bits per heavy atom. The molecule has 0 spiro atoms. The summed E-state index contributed by atoms with van der Waals surface area (Å²) in [5.74, 6) is -0.268. The van der Waals surface area contributed by atoms with Gasteiger partial charge in [-0.15, -0.1) is 0 Å². The zero-order valence-corrected chi connectivity index (χ0v) is 12.1. The van der Waals surface area contributed by atoms with Crippen LogP contribution in [0.3, 0.4) is 0 Å². The molecule has 0 aliphatic heterocycles. The average molecular weight is 322 g/mol. The molecule has 0 radical (unpaired) electrons. The van der Waals surface area contributed by atoms with E-state index in [0.717, 1.165) is 35.8 Å². The first kappa shape index (κ1) is 13.9. The van der Waals surface area contributed by atoms with Gasteiger partial charge in [0.25, 0.3) is 0 Å². The maximum Gasteiger partial charge on any atom is 0.220 e. The van der Waals surface area contributed by atoms with E-state index >= 15 is 0 Å². The Labute approximate surface area is 121 Å². The second-order valence-corrected chi connectivity index (χ2v) is 5.82. The standard InChI is InChI=1S/C14H16BrN3O/c15-11-4-5-13(10(6-11)8-16)18-12-3-1-2-9(7-12)14(17)19/h4-6,9,12,18H,1-3,7H2,(H2,17,19)/t9-,12+/m0/s1. The molecule has 0 saturated heterocycles. The number of nitrogens with zero attached hydrogens (tertiary/aromatic N) is 1. The molecule has 0 aromatic heterocycles. The molecule has 1 amide bonds. The molecule has 1 aromatic rings. The molecule has 0 bridgehead atoms. The van der Waals surface area contributed by atoms with Crippen LogP contribution in [0.25, 0.3) is 0 Å². The molecule has 1 fully saturated rings. The van der Waals surface area contributed by atoms with Crippen molar-refractivity contribution in [3.8, 4) is 6.07 Å². The number of primary amides is 1. The van der Waals surface area contributed by atoms with Gasteiger partial charge < -0.3 is 11.1 Å². The third-order valence-corrected chi connectivity index (χ3v) is 4.03. The number of nitrogens with one attached hydrogen (secondary N) is 1. The van der Waals surface area contributed by atoms with Crippen molar-refractivity contribution in [2.75, 3.05) is 5.32 Å². The van der Waals surface area contributed by atoms with Crippen LogP contribution in [0.2, 0.25) is 0 Å². The Kier molecular flexibility index (Phi) is 4.43. The van der Waals surface area contributed by atoms with Crippen molar-refractivity contribution < 1.29 is 4.79 Å². The van der Waals surface area contributed by atoms with Crippen LogP contribution in [0.4, 0.5) is 5.69 Å². The van der Waals surface area contributed by atoms with E-state index in [2.05, 4.69) is 27.3 Å². The van der Waals surface area contributed by atoms with Crippen LogP contribution >= 0.6 is 15.9 Å². The molecule has 0 heterocycles. The fourth-order valence-corrected chi connectivity index (χ4v) is 2.90. The number of hydrogen-bond acceptors (Lipinski definition) is 3. The first-order valence-electron chi connectivity index (χ1n) is 6.35. The predicted octanol–water partition coefficient (Wildman–Crippen LogP) is 2.78. The van der Waals surface area contributed by atoms with E-state index in [9.17, 15) is 4.79 Å². The molecule has 1 aliphatic carbocycles. The predicted molar refractivity (Wildman–Crippen MR) is 77.4 cm³/mol. The Bertz CT molecular complexity index is 524. The summed E-state index contributed by atoms with van der Waals surface area (Å²) in [4.78, 5) is 11.3. The topological polar surface area (TPSA) is 78.9 Å². The van der Waals surface area contributed by atoms with Crippen LogP contribution in [0.1, 0.15) is 31.2 Å². The lowest BCUT2D eigenvalue weighted by molar-refractivity contribution is -0.122. The van der Waals surface area contributed by atoms with Crippen molar-refractivity contribution in [2.45, 2.75) is 31.7 Å². The van der Waals surface area contributed by atoms with E-state index in [1.54, 1.807) is 6.07 Å². The molecule has 1 aromatic carbocycles. The van der Waals surface area contributed by atoms with Crippen molar-refractivity contribution >= 4 is 27.5 Å². The number of benzene rings is 1. The zero-order chi connectivity index (χ0) is 13.8. The lowest BCUT2D eigenvalue weighted by atomic mass is 9.85. The summed E-state index contributed by atoms with van der Waals surface area (Å²) in [6, 6.07) is 7.96. The monoisotopic (exact) mass is 321 g/mol. The number of hydrogen-bond donors (Lipinski definition) is 2. The SMILES string of the molecule is N#Cc1cc(Br)ccc1N[C@@H]1CCC[C@H](C(N)=O)C1. The minimum Gasteiger partial charge on any atom is -0.381 e. The van der Waals surface area contributed by atoms with Crippen LogP contribution in [-0.2, 0) is 4.79 Å². The van der Waals surface area contributed by atoms with E-state index in [0.29, 0.717) is 5.56 Å². The Morgan fingerprint density at radius 1 is 1.47 bits per heavy atom. The molecule has 5 heteroatoms. The summed E-state index contributed by atoms with van der Waals surface area (Å²) >= 11 is 3.35. The smallest absolute Gasteiger partial charge is 0.220 e. The summed E-state index contributed by atoms with van der Waals surface area (Å²) in [5, 5.41) is 12.5. The number of nitriles is 1. The van der Waals surface area contributed by atoms with Crippen molar-refractivity contribution in [1.82, 2.24) is 0 Å². The summed E-state index contributed by atoms with van der Waals surface area (Å²) in [6.07, 6.45) is 3.61. The molecule has 3 N–H and O–H groups in total. The maximum atomic E-state index is 11.3. The number of amides is 1. The van der Waals surface area contributed by atoms with Crippen LogP contribution < -0.4 is 11.1 Å². The quantitative estimate of drug-likeness (QED) is 0.898. The Morgan fingerprint density at radius 2 is 2.26 bits per heavy atom. The summed E-state index contributed by atoms with van der Waals surface area (Å²) in [5.41, 5.74) is 6.80. The fourth-order valence-electron chi connectivity index (χ4n) is 2.53. The van der Waals surface area contributed by atoms with Gasteiger partial charge in [-0.2, -0.15) is 5.26 Å². The van der Waals surface area contributed by atoms with E-state index in [1.165, 1.54) is 0 Å². The van der Waals surface area contributed by atoms with Crippen LogP contribution in [0, 0.1) is 17.2 Å². The van der Waals surface area contributed by atoms with Crippen LogP contribution in [-0.4, -0.2) is 11.9 Å². The zero-order valence-electron chi connectivity index (χ0n) is 10.5. The van der Waals surface area contributed by atoms with E-state index in [-0.39, 0.29) is 17.9 Å². The van der Waals surface area contributed by atoms with Crippen molar-refractivity contribution in [3.63, 3.8) is 0 Å². The highest BCUT2D eigenvalue weighted by molar-refractivity contribution is 9.10. The highest BCUT2D eigenvalue weighted by Gasteiger charge is 2.25. The van der Waals surface area contributed by atoms with E-state index < -0.39 is 0 Å². The minimum atomic E-state index is -0.220. The second kappa shape index (κ2) is 6.07. The lowest BCUT2D eigenvalue weighted by Crippen LogP contribution is -2.34. The van der Waals surface area contributed by atoms with Gasteiger partial charge in [-0.1, -0.05) is 22.4 Å². The van der Waals surface area contributed by atoms with Crippen LogP contribution in [0.15, 0.2) is 22.7 Å². The number of anilines is 1. The molecule has 2 rings (SSSR count). The van der Waals surface area contributed by atoms with E-state index in [4.69, 9.17) is 11.0 Å². The van der Waals surface area contributed by atoms with Crippen molar-refractivity contribution in [2.24, 2.45) is 11.7 Å².